The van der Waals surface area contributed by atoms with Gasteiger partial charge in [0.15, 0.2) is 0 Å². The summed E-state index contributed by atoms with van der Waals surface area (Å²) < 4.78 is 0. The van der Waals surface area contributed by atoms with Gasteiger partial charge in [-0.15, -0.1) is 0 Å². The van der Waals surface area contributed by atoms with Crippen molar-refractivity contribution in [2.24, 2.45) is 5.41 Å². The minimum atomic E-state index is -0.981. The van der Waals surface area contributed by atoms with Crippen LogP contribution in [0.4, 0.5) is 0 Å². The minimum absolute atomic E-state index is 0.0451. The highest BCUT2D eigenvalue weighted by atomic mass is 16.4. The lowest BCUT2D eigenvalue weighted by atomic mass is 9.97. The Balaban J connectivity index is -0.000000177. The van der Waals surface area contributed by atoms with Crippen LogP contribution in [-0.4, -0.2) is 57.9 Å². The number of aliphatic carboxylic acids is 1. The quantitative estimate of drug-likeness (QED) is 0.425. The Morgan fingerprint density at radius 1 is 1.12 bits per heavy atom. The smallest absolute Gasteiger partial charge is 0.327 e. The Bertz CT molecular complexity index is 171. The maximum absolute atomic E-state index is 9.25. The second-order valence-corrected chi connectivity index (χ2v) is 3.82. The Morgan fingerprint density at radius 2 is 1.41 bits per heavy atom. The predicted octanol–water partition coefficient (Wildman–Crippen LogP) is -0.385. The van der Waals surface area contributed by atoms with E-state index in [0.29, 0.717) is 6.42 Å². The van der Waals surface area contributed by atoms with Gasteiger partial charge in [0, 0.05) is 24.7 Å². The van der Waals surface area contributed by atoms with Crippen molar-refractivity contribution in [2.45, 2.75) is 20.3 Å². The summed E-state index contributed by atoms with van der Waals surface area (Å²) in [6.45, 7) is 6.84. The van der Waals surface area contributed by atoms with Crippen LogP contribution in [0.2, 0.25) is 0 Å². The summed E-state index contributed by atoms with van der Waals surface area (Å²) in [7, 11) is 0. The van der Waals surface area contributed by atoms with Crippen molar-refractivity contribution in [1.82, 2.24) is 0 Å². The molecule has 5 N–H and O–H groups in total. The third-order valence-electron chi connectivity index (χ3n) is 1.35. The highest BCUT2D eigenvalue weighted by Crippen LogP contribution is 2.10. The molecule has 6 heteroatoms. The molecule has 0 saturated carbocycles. The molecule has 0 aromatic rings. The van der Waals surface area contributed by atoms with Crippen molar-refractivity contribution in [3.05, 3.63) is 12.7 Å². The molecular formula is C11H24O6. The number of carboxylic acids is 1. The van der Waals surface area contributed by atoms with Crippen LogP contribution < -0.4 is 0 Å². The molecule has 0 radical (unpaired) electrons. The zero-order chi connectivity index (χ0) is 14.3. The van der Waals surface area contributed by atoms with E-state index in [-0.39, 0.29) is 31.8 Å². The molecule has 0 aromatic heterocycles. The maximum atomic E-state index is 9.25. The van der Waals surface area contributed by atoms with Crippen LogP contribution >= 0.6 is 0 Å². The predicted molar refractivity (Wildman–Crippen MR) is 64.6 cm³/mol. The van der Waals surface area contributed by atoms with Gasteiger partial charge >= 0.3 is 5.97 Å². The Labute approximate surface area is 102 Å². The second-order valence-electron chi connectivity index (χ2n) is 3.82. The molecule has 0 heterocycles. The van der Waals surface area contributed by atoms with Crippen LogP contribution in [0.5, 0.6) is 0 Å². The number of carboxylic acid groups (broad SMARTS) is 1. The molecule has 0 unspecified atom stereocenters. The van der Waals surface area contributed by atoms with Crippen molar-refractivity contribution >= 4 is 5.97 Å². The van der Waals surface area contributed by atoms with Crippen LogP contribution in [0.25, 0.3) is 0 Å². The van der Waals surface area contributed by atoms with Gasteiger partial charge in [-0.1, -0.05) is 20.4 Å². The number of aliphatic hydroxyl groups excluding tert-OH is 4. The molecule has 0 fully saturated rings. The first-order valence-electron chi connectivity index (χ1n) is 5.10. The van der Waals surface area contributed by atoms with Crippen molar-refractivity contribution < 1.29 is 30.3 Å². The van der Waals surface area contributed by atoms with E-state index in [4.69, 9.17) is 25.5 Å². The normalized spacial score (nSPS) is 9.29. The lowest BCUT2D eigenvalue weighted by Crippen LogP contribution is -2.20. The summed E-state index contributed by atoms with van der Waals surface area (Å²) >= 11 is 0. The van der Waals surface area contributed by atoms with E-state index in [9.17, 15) is 4.79 Å². The first-order valence-corrected chi connectivity index (χ1v) is 5.10. The molecule has 0 aliphatic carbocycles. The molecule has 0 spiro atoms. The Morgan fingerprint density at radius 3 is 1.41 bits per heavy atom. The third-order valence-corrected chi connectivity index (χ3v) is 1.35. The number of aliphatic hydroxyl groups is 4. The lowest BCUT2D eigenvalue weighted by Gasteiger charge is -2.16. The van der Waals surface area contributed by atoms with Crippen LogP contribution in [0.15, 0.2) is 12.7 Å². The lowest BCUT2D eigenvalue weighted by molar-refractivity contribution is -0.131. The first kappa shape index (κ1) is 21.3. The number of hydrogen-bond acceptors (Lipinski definition) is 5. The Hall–Kier alpha value is -0.950. The Kier molecular flexibility index (Phi) is 18.9. The van der Waals surface area contributed by atoms with Gasteiger partial charge in [0.1, 0.15) is 0 Å². The average Bonchev–Trinajstić information content (AvgIpc) is 2.31. The summed E-state index contributed by atoms with van der Waals surface area (Å²) in [5, 5.41) is 40.3. The molecule has 0 bridgehead atoms. The van der Waals surface area contributed by atoms with Gasteiger partial charge in [-0.2, -0.15) is 0 Å². The van der Waals surface area contributed by atoms with E-state index in [1.807, 2.05) is 0 Å². The zero-order valence-electron chi connectivity index (χ0n) is 10.5. The topological polar surface area (TPSA) is 118 Å². The maximum Gasteiger partial charge on any atom is 0.327 e. The second kappa shape index (κ2) is 15.0. The molecule has 0 aliphatic heterocycles. The van der Waals surface area contributed by atoms with E-state index in [1.165, 1.54) is 0 Å². The molecular weight excluding hydrogens is 228 g/mol. The van der Waals surface area contributed by atoms with Gasteiger partial charge in [0.25, 0.3) is 0 Å². The van der Waals surface area contributed by atoms with Gasteiger partial charge in [-0.05, 0) is 6.42 Å². The summed E-state index contributed by atoms with van der Waals surface area (Å²) in [5.41, 5.74) is -0.306. The highest BCUT2D eigenvalue weighted by molar-refractivity contribution is 5.78. The molecule has 0 rings (SSSR count). The minimum Gasteiger partial charge on any atom is -0.478 e. The van der Waals surface area contributed by atoms with E-state index in [1.54, 1.807) is 13.8 Å². The van der Waals surface area contributed by atoms with Crippen LogP contribution in [0.3, 0.4) is 0 Å². The average molecular weight is 252 g/mol. The largest absolute Gasteiger partial charge is 0.478 e. The molecule has 104 valence electrons. The van der Waals surface area contributed by atoms with Gasteiger partial charge in [0.2, 0.25) is 0 Å². The SMILES string of the molecule is C=CC(=O)O.CC(C)(CO)CO.OCCCO. The molecule has 6 nitrogen and oxygen atoms in total. The van der Waals surface area contributed by atoms with Crippen LogP contribution in [0, 0.1) is 5.41 Å². The monoisotopic (exact) mass is 252 g/mol. The van der Waals surface area contributed by atoms with Gasteiger partial charge < -0.3 is 25.5 Å². The molecule has 0 amide bonds. The van der Waals surface area contributed by atoms with E-state index in [0.717, 1.165) is 6.08 Å². The number of hydrogen-bond donors (Lipinski definition) is 5. The third kappa shape index (κ3) is 31.3. The van der Waals surface area contributed by atoms with Crippen molar-refractivity contribution in [3.63, 3.8) is 0 Å². The van der Waals surface area contributed by atoms with Gasteiger partial charge in [-0.3, -0.25) is 0 Å². The zero-order valence-corrected chi connectivity index (χ0v) is 10.5. The first-order chi connectivity index (χ1) is 7.81. The van der Waals surface area contributed by atoms with Gasteiger partial charge in [0.05, 0.1) is 13.2 Å². The van der Waals surface area contributed by atoms with Crippen LogP contribution in [-0.2, 0) is 4.79 Å². The van der Waals surface area contributed by atoms with E-state index >= 15 is 0 Å². The summed E-state index contributed by atoms with van der Waals surface area (Å²) in [4.78, 5) is 9.25. The fourth-order valence-electron chi connectivity index (χ4n) is 0.121. The van der Waals surface area contributed by atoms with E-state index in [2.05, 4.69) is 6.58 Å². The summed E-state index contributed by atoms with van der Waals surface area (Å²) in [6.07, 6.45) is 1.33. The standard InChI is InChI=1S/C5H12O2.C3H4O2.C3H8O2/c1-5(2,3-6)4-7;1-2-3(4)5;4-2-1-3-5/h6-7H,3-4H2,1-2H3;2H,1H2,(H,4,5);4-5H,1-3H2. The molecule has 0 saturated heterocycles. The summed E-state index contributed by atoms with van der Waals surface area (Å²) in [6, 6.07) is 0. The fourth-order valence-corrected chi connectivity index (χ4v) is 0.121. The van der Waals surface area contributed by atoms with Gasteiger partial charge in [-0.25, -0.2) is 4.79 Å². The van der Waals surface area contributed by atoms with Crippen molar-refractivity contribution in [1.29, 1.82) is 0 Å². The van der Waals surface area contributed by atoms with Crippen molar-refractivity contribution in [3.8, 4) is 0 Å². The number of carbonyl (C=O) groups is 1. The van der Waals surface area contributed by atoms with Crippen molar-refractivity contribution in [2.75, 3.05) is 26.4 Å². The molecule has 0 aliphatic rings. The fraction of sp³-hybridized carbons (Fsp3) is 0.727. The summed E-state index contributed by atoms with van der Waals surface area (Å²) in [5.74, 6) is -0.981. The number of rotatable bonds is 5. The highest BCUT2D eigenvalue weighted by Gasteiger charge is 2.13. The van der Waals surface area contributed by atoms with E-state index < -0.39 is 5.97 Å². The van der Waals surface area contributed by atoms with Crippen LogP contribution in [0.1, 0.15) is 20.3 Å². The molecule has 17 heavy (non-hydrogen) atoms. The molecule has 0 aromatic carbocycles. The molecule has 0 atom stereocenters.